The molecule has 0 saturated carbocycles. The van der Waals surface area contributed by atoms with Gasteiger partial charge in [-0.15, -0.1) is 0 Å². The molecule has 0 fully saturated rings. The second kappa shape index (κ2) is 12.4. The van der Waals surface area contributed by atoms with Gasteiger partial charge in [-0.25, -0.2) is 13.2 Å². The highest BCUT2D eigenvalue weighted by atomic mass is 19.2. The van der Waals surface area contributed by atoms with Crippen LogP contribution in [0.1, 0.15) is 70.8 Å². The van der Waals surface area contributed by atoms with Gasteiger partial charge in [-0.3, -0.25) is 0 Å². The number of allylic oxidation sites excluding steroid dienone is 2. The van der Waals surface area contributed by atoms with Gasteiger partial charge >= 0.3 is 0 Å². The van der Waals surface area contributed by atoms with Crippen LogP contribution < -0.4 is 4.74 Å². The molecule has 0 spiro atoms. The van der Waals surface area contributed by atoms with Crippen LogP contribution >= 0.6 is 0 Å². The highest BCUT2D eigenvalue weighted by molar-refractivity contribution is 5.74. The van der Waals surface area contributed by atoms with E-state index in [4.69, 9.17) is 4.74 Å². The molecule has 1 aliphatic rings. The van der Waals surface area contributed by atoms with Gasteiger partial charge in [0.2, 0.25) is 5.82 Å². The predicted molar refractivity (Wildman–Crippen MR) is 142 cm³/mol. The zero-order valence-corrected chi connectivity index (χ0v) is 21.6. The Morgan fingerprint density at radius 3 is 1.89 bits per heavy atom. The lowest BCUT2D eigenvalue weighted by atomic mass is 9.83. The maximum Gasteiger partial charge on any atom is 0.201 e. The summed E-state index contributed by atoms with van der Waals surface area (Å²) in [6.45, 7) is 4.37. The molecule has 1 nitrogen and oxygen atoms in total. The maximum absolute atomic E-state index is 15.1. The van der Waals surface area contributed by atoms with E-state index in [1.807, 2.05) is 6.92 Å². The van der Waals surface area contributed by atoms with Crippen molar-refractivity contribution in [1.82, 2.24) is 0 Å². The van der Waals surface area contributed by atoms with Crippen LogP contribution in [-0.4, -0.2) is 6.61 Å². The number of hydrogen-bond acceptors (Lipinski definition) is 1. The fraction of sp³-hybridized carbons (Fsp3) is 0.375. The lowest BCUT2D eigenvalue weighted by Crippen LogP contribution is -2.07. The standard InChI is InChI=1S/C32H34F4O/c1-3-5-6-7-21-8-10-22(11-9-21)25-16-17-26(30(34)29(25)33)23-12-14-24(15-13-23)27-18-19-28(37-20-4-2)32(36)31(27)35/h10,12-19,21H,3-9,11,20H2,1-2H3. The Labute approximate surface area is 217 Å². The van der Waals surface area contributed by atoms with Crippen molar-refractivity contribution in [3.63, 3.8) is 0 Å². The number of ether oxygens (including phenoxy) is 1. The van der Waals surface area contributed by atoms with Gasteiger partial charge in [0.25, 0.3) is 0 Å². The van der Waals surface area contributed by atoms with Crippen LogP contribution in [0.4, 0.5) is 17.6 Å². The van der Waals surface area contributed by atoms with Crippen molar-refractivity contribution < 1.29 is 22.3 Å². The Hall–Kier alpha value is -3.08. The minimum Gasteiger partial charge on any atom is -0.490 e. The van der Waals surface area contributed by atoms with Crippen LogP contribution in [0.5, 0.6) is 5.75 Å². The first-order valence-corrected chi connectivity index (χ1v) is 13.3. The van der Waals surface area contributed by atoms with Crippen molar-refractivity contribution in [1.29, 1.82) is 0 Å². The minimum atomic E-state index is -1.04. The molecule has 1 unspecified atom stereocenters. The Morgan fingerprint density at radius 1 is 0.703 bits per heavy atom. The number of unbranched alkanes of at least 4 members (excludes halogenated alkanes) is 2. The summed E-state index contributed by atoms with van der Waals surface area (Å²) in [6.07, 6.45) is 10.3. The average molecular weight is 511 g/mol. The van der Waals surface area contributed by atoms with E-state index in [1.165, 1.54) is 37.8 Å². The SMILES string of the molecule is CCCCCC1CC=C(c2ccc(-c3ccc(-c4ccc(OCCC)c(F)c4F)cc3)c(F)c2F)CC1. The Bertz CT molecular complexity index is 1250. The van der Waals surface area contributed by atoms with Crippen LogP contribution in [-0.2, 0) is 0 Å². The zero-order valence-electron chi connectivity index (χ0n) is 21.6. The third-order valence-electron chi connectivity index (χ3n) is 7.18. The molecule has 3 aromatic rings. The van der Waals surface area contributed by atoms with E-state index in [2.05, 4.69) is 13.0 Å². The fourth-order valence-electron chi connectivity index (χ4n) is 5.01. The molecule has 0 saturated heterocycles. The van der Waals surface area contributed by atoms with Gasteiger partial charge in [-0.05, 0) is 60.4 Å². The number of hydrogen-bond donors (Lipinski definition) is 0. The molecule has 1 aliphatic carbocycles. The molecule has 0 aromatic heterocycles. The van der Waals surface area contributed by atoms with Crippen LogP contribution in [0.3, 0.4) is 0 Å². The second-order valence-corrected chi connectivity index (χ2v) is 9.82. The van der Waals surface area contributed by atoms with Gasteiger partial charge in [0.15, 0.2) is 23.2 Å². The molecule has 0 bridgehead atoms. The molecule has 0 radical (unpaired) electrons. The lowest BCUT2D eigenvalue weighted by Gasteiger charge is -2.22. The van der Waals surface area contributed by atoms with Gasteiger partial charge in [-0.1, -0.05) is 82.0 Å². The third kappa shape index (κ3) is 6.08. The quantitative estimate of drug-likeness (QED) is 0.195. The third-order valence-corrected chi connectivity index (χ3v) is 7.18. The summed E-state index contributed by atoms with van der Waals surface area (Å²) in [5, 5.41) is 0. The summed E-state index contributed by atoms with van der Waals surface area (Å²) in [7, 11) is 0. The fourth-order valence-corrected chi connectivity index (χ4v) is 5.01. The zero-order chi connectivity index (χ0) is 26.4. The lowest BCUT2D eigenvalue weighted by molar-refractivity contribution is 0.295. The van der Waals surface area contributed by atoms with Gasteiger partial charge in [0.05, 0.1) is 6.61 Å². The molecule has 37 heavy (non-hydrogen) atoms. The van der Waals surface area contributed by atoms with Crippen molar-refractivity contribution in [2.75, 3.05) is 6.61 Å². The smallest absolute Gasteiger partial charge is 0.201 e. The monoisotopic (exact) mass is 510 g/mol. The summed E-state index contributed by atoms with van der Waals surface area (Å²) in [4.78, 5) is 0. The Kier molecular flexibility index (Phi) is 9.07. The maximum atomic E-state index is 15.1. The van der Waals surface area contributed by atoms with E-state index in [9.17, 15) is 8.78 Å². The number of rotatable bonds is 10. The summed E-state index contributed by atoms with van der Waals surface area (Å²) >= 11 is 0. The molecule has 4 rings (SSSR count). The van der Waals surface area contributed by atoms with Gasteiger partial charge in [-0.2, -0.15) is 4.39 Å². The van der Waals surface area contributed by atoms with Crippen molar-refractivity contribution in [3.05, 3.63) is 83.4 Å². The highest BCUT2D eigenvalue weighted by Crippen LogP contribution is 2.37. The van der Waals surface area contributed by atoms with Crippen molar-refractivity contribution in [3.8, 4) is 28.0 Å². The van der Waals surface area contributed by atoms with Crippen LogP contribution in [0, 0.1) is 29.2 Å². The first kappa shape index (κ1) is 27.0. The summed E-state index contributed by atoms with van der Waals surface area (Å²) in [5.41, 5.74) is 2.30. The largest absolute Gasteiger partial charge is 0.490 e. The molecule has 0 aliphatic heterocycles. The van der Waals surface area contributed by atoms with Gasteiger partial charge in [0, 0.05) is 16.7 Å². The van der Waals surface area contributed by atoms with E-state index in [0.717, 1.165) is 24.8 Å². The summed E-state index contributed by atoms with van der Waals surface area (Å²) < 4.78 is 64.6. The van der Waals surface area contributed by atoms with Crippen molar-refractivity contribution in [2.45, 2.75) is 65.2 Å². The van der Waals surface area contributed by atoms with Crippen LogP contribution in [0.15, 0.2) is 54.6 Å². The first-order valence-electron chi connectivity index (χ1n) is 13.3. The highest BCUT2D eigenvalue weighted by Gasteiger charge is 2.21. The topological polar surface area (TPSA) is 9.23 Å². The average Bonchev–Trinajstić information content (AvgIpc) is 2.92. The predicted octanol–water partition coefficient (Wildman–Crippen LogP) is 10.1. The van der Waals surface area contributed by atoms with Crippen molar-refractivity contribution >= 4 is 5.57 Å². The Balaban J connectivity index is 1.52. The van der Waals surface area contributed by atoms with E-state index in [-0.39, 0.29) is 16.9 Å². The molecular formula is C32H34F4O. The molecular weight excluding hydrogens is 476 g/mol. The van der Waals surface area contributed by atoms with Crippen LogP contribution in [0.2, 0.25) is 0 Å². The molecule has 196 valence electrons. The van der Waals surface area contributed by atoms with Gasteiger partial charge < -0.3 is 4.74 Å². The first-order chi connectivity index (χ1) is 17.9. The molecule has 1 atom stereocenters. The molecule has 0 heterocycles. The summed E-state index contributed by atoms with van der Waals surface area (Å²) in [6, 6.07) is 12.4. The van der Waals surface area contributed by atoms with Crippen molar-refractivity contribution in [2.24, 2.45) is 5.92 Å². The number of benzene rings is 3. The van der Waals surface area contributed by atoms with E-state index in [0.29, 0.717) is 35.6 Å². The van der Waals surface area contributed by atoms with Gasteiger partial charge in [0.1, 0.15) is 0 Å². The molecule has 3 aromatic carbocycles. The second-order valence-electron chi connectivity index (χ2n) is 9.82. The number of halogens is 4. The Morgan fingerprint density at radius 2 is 1.30 bits per heavy atom. The minimum absolute atomic E-state index is 0.0760. The van der Waals surface area contributed by atoms with E-state index < -0.39 is 23.3 Å². The molecule has 0 amide bonds. The normalized spacial score (nSPS) is 15.5. The van der Waals surface area contributed by atoms with E-state index in [1.54, 1.807) is 36.4 Å². The van der Waals surface area contributed by atoms with Crippen LogP contribution in [0.25, 0.3) is 27.8 Å². The summed E-state index contributed by atoms with van der Waals surface area (Å²) in [5.74, 6) is -3.28. The van der Waals surface area contributed by atoms with E-state index >= 15 is 8.78 Å². The molecule has 0 N–H and O–H groups in total. The molecule has 5 heteroatoms.